The van der Waals surface area contributed by atoms with Gasteiger partial charge in [-0.25, -0.2) is 17.9 Å². The van der Waals surface area contributed by atoms with Crippen LogP contribution in [0.2, 0.25) is 0 Å². The van der Waals surface area contributed by atoms with E-state index >= 15 is 0 Å². The second-order valence-electron chi connectivity index (χ2n) is 7.93. The lowest BCUT2D eigenvalue weighted by Gasteiger charge is -2.08. The molecular formula is C24H23N3O6S2. The number of sulfonamides is 1. The smallest absolute Gasteiger partial charge is 0.338 e. The summed E-state index contributed by atoms with van der Waals surface area (Å²) in [5.41, 5.74) is 1.60. The number of fused-ring (bicyclic) bond motifs is 1. The highest BCUT2D eigenvalue weighted by Crippen LogP contribution is 2.36. The summed E-state index contributed by atoms with van der Waals surface area (Å²) in [7, 11) is -3.80. The van der Waals surface area contributed by atoms with Crippen LogP contribution in [0.25, 0.3) is 0 Å². The zero-order valence-electron chi connectivity index (χ0n) is 18.7. The van der Waals surface area contributed by atoms with Gasteiger partial charge in [0.05, 0.1) is 28.8 Å². The maximum absolute atomic E-state index is 12.4. The zero-order valence-corrected chi connectivity index (χ0v) is 20.3. The number of carbonyl (C=O) groups is 2. The van der Waals surface area contributed by atoms with E-state index in [4.69, 9.17) is 9.15 Å². The quantitative estimate of drug-likeness (QED) is 0.345. The van der Waals surface area contributed by atoms with Crippen LogP contribution < -0.4 is 10.0 Å². The Kier molecular flexibility index (Phi) is 7.65. The summed E-state index contributed by atoms with van der Waals surface area (Å²) in [5, 5.41) is 12.7. The number of ether oxygens (including phenoxy) is 1. The molecule has 0 atom stereocenters. The van der Waals surface area contributed by atoms with E-state index in [1.54, 1.807) is 12.1 Å². The van der Waals surface area contributed by atoms with Crippen molar-refractivity contribution in [1.82, 2.24) is 4.72 Å². The van der Waals surface area contributed by atoms with E-state index in [1.165, 1.54) is 41.9 Å². The molecule has 0 unspecified atom stereocenters. The van der Waals surface area contributed by atoms with E-state index in [0.29, 0.717) is 16.3 Å². The molecule has 1 aromatic carbocycles. The maximum atomic E-state index is 12.4. The molecule has 1 aliphatic rings. The van der Waals surface area contributed by atoms with Gasteiger partial charge in [0.2, 0.25) is 10.0 Å². The standard InChI is InChI=1S/C24H23N3O6S2/c25-13-20-19-6-2-1-3-7-21(19)34-23(20)27-22(28)15-33-24(29)16-8-10-18(11-9-16)35(30,31)26-14-17-5-4-12-32-17/h4-5,8-12,26H,1-3,6-7,14-15H2,(H,27,28). The normalized spacial score (nSPS) is 13.3. The molecule has 2 heterocycles. The molecule has 0 saturated heterocycles. The third-order valence-electron chi connectivity index (χ3n) is 5.54. The Hall–Kier alpha value is -3.46. The Morgan fingerprint density at radius 2 is 1.89 bits per heavy atom. The van der Waals surface area contributed by atoms with Gasteiger partial charge in [-0.05, 0) is 67.6 Å². The van der Waals surface area contributed by atoms with Crippen molar-refractivity contribution in [3.8, 4) is 6.07 Å². The van der Waals surface area contributed by atoms with Crippen molar-refractivity contribution in [1.29, 1.82) is 5.26 Å². The average molecular weight is 514 g/mol. The van der Waals surface area contributed by atoms with Crippen molar-refractivity contribution in [2.45, 2.75) is 43.5 Å². The number of benzene rings is 1. The topological polar surface area (TPSA) is 138 Å². The van der Waals surface area contributed by atoms with Crippen molar-refractivity contribution in [3.63, 3.8) is 0 Å². The molecule has 182 valence electrons. The van der Waals surface area contributed by atoms with Gasteiger partial charge in [-0.1, -0.05) is 6.42 Å². The summed E-state index contributed by atoms with van der Waals surface area (Å²) in [6.07, 6.45) is 6.36. The number of rotatable bonds is 8. The van der Waals surface area contributed by atoms with Gasteiger partial charge in [-0.3, -0.25) is 4.79 Å². The van der Waals surface area contributed by atoms with Crippen LogP contribution in [0.15, 0.2) is 52.0 Å². The molecular weight excluding hydrogens is 490 g/mol. The number of carbonyl (C=O) groups excluding carboxylic acids is 2. The maximum Gasteiger partial charge on any atom is 0.338 e. The number of furan rings is 1. The van der Waals surface area contributed by atoms with Crippen molar-refractivity contribution < 1.29 is 27.2 Å². The van der Waals surface area contributed by atoms with Crippen LogP contribution in [-0.4, -0.2) is 26.9 Å². The first-order chi connectivity index (χ1) is 16.9. The molecule has 0 saturated carbocycles. The van der Waals surface area contributed by atoms with E-state index in [1.807, 2.05) is 0 Å². The number of anilines is 1. The number of hydrogen-bond donors (Lipinski definition) is 2. The van der Waals surface area contributed by atoms with Crippen LogP contribution >= 0.6 is 11.3 Å². The Morgan fingerprint density at radius 3 is 2.60 bits per heavy atom. The first-order valence-corrected chi connectivity index (χ1v) is 13.3. The van der Waals surface area contributed by atoms with E-state index in [9.17, 15) is 23.3 Å². The van der Waals surface area contributed by atoms with Gasteiger partial charge < -0.3 is 14.5 Å². The number of thiophene rings is 1. The van der Waals surface area contributed by atoms with Crippen LogP contribution in [0.5, 0.6) is 0 Å². The summed E-state index contributed by atoms with van der Waals surface area (Å²) in [6, 6.07) is 10.7. The fraction of sp³-hybridized carbons (Fsp3) is 0.292. The molecule has 1 amide bonds. The highest BCUT2D eigenvalue weighted by atomic mass is 32.2. The van der Waals surface area contributed by atoms with Gasteiger partial charge >= 0.3 is 5.97 Å². The van der Waals surface area contributed by atoms with Crippen molar-refractivity contribution >= 4 is 38.2 Å². The molecule has 0 spiro atoms. The van der Waals surface area contributed by atoms with E-state index in [-0.39, 0.29) is 17.0 Å². The molecule has 35 heavy (non-hydrogen) atoms. The highest BCUT2D eigenvalue weighted by molar-refractivity contribution is 7.89. The van der Waals surface area contributed by atoms with Gasteiger partial charge in [0.15, 0.2) is 6.61 Å². The van der Waals surface area contributed by atoms with Crippen LogP contribution in [0, 0.1) is 11.3 Å². The monoisotopic (exact) mass is 513 g/mol. The van der Waals surface area contributed by atoms with Crippen molar-refractivity contribution in [2.75, 3.05) is 11.9 Å². The summed E-state index contributed by atoms with van der Waals surface area (Å²) < 4.78 is 37.4. The Morgan fingerprint density at radius 1 is 1.11 bits per heavy atom. The lowest BCUT2D eigenvalue weighted by atomic mass is 10.1. The third-order valence-corrected chi connectivity index (χ3v) is 8.16. The molecule has 0 bridgehead atoms. The first-order valence-electron chi connectivity index (χ1n) is 11.0. The Balaban J connectivity index is 1.32. The second kappa shape index (κ2) is 10.9. The minimum atomic E-state index is -3.80. The number of nitrogens with zero attached hydrogens (tertiary/aromatic N) is 1. The van der Waals surface area contributed by atoms with E-state index in [0.717, 1.165) is 42.5 Å². The lowest BCUT2D eigenvalue weighted by Crippen LogP contribution is -2.23. The highest BCUT2D eigenvalue weighted by Gasteiger charge is 2.22. The number of aryl methyl sites for hydroxylation is 1. The van der Waals surface area contributed by atoms with E-state index in [2.05, 4.69) is 16.1 Å². The minimum absolute atomic E-state index is 0.00498. The van der Waals surface area contributed by atoms with Crippen LogP contribution in [0.3, 0.4) is 0 Å². The molecule has 2 N–H and O–H groups in total. The molecule has 0 radical (unpaired) electrons. The molecule has 0 aliphatic heterocycles. The molecule has 2 aromatic heterocycles. The fourth-order valence-electron chi connectivity index (χ4n) is 3.76. The summed E-state index contributed by atoms with van der Waals surface area (Å²) >= 11 is 1.40. The van der Waals surface area contributed by atoms with Crippen LogP contribution in [-0.2, 0) is 38.9 Å². The molecule has 1 aliphatic carbocycles. The predicted octanol–water partition coefficient (Wildman–Crippen LogP) is 3.76. The first kappa shape index (κ1) is 24.7. The van der Waals surface area contributed by atoms with E-state index < -0.39 is 28.5 Å². The van der Waals surface area contributed by atoms with Crippen molar-refractivity contribution in [3.05, 3.63) is 70.0 Å². The Bertz CT molecular complexity index is 1350. The minimum Gasteiger partial charge on any atom is -0.468 e. The molecule has 11 heteroatoms. The largest absolute Gasteiger partial charge is 0.468 e. The van der Waals surface area contributed by atoms with Gasteiger partial charge in [0, 0.05) is 4.88 Å². The number of amides is 1. The number of nitriles is 1. The van der Waals surface area contributed by atoms with Gasteiger partial charge in [-0.15, -0.1) is 11.3 Å². The number of hydrogen-bond acceptors (Lipinski definition) is 8. The van der Waals surface area contributed by atoms with Gasteiger partial charge in [0.1, 0.15) is 16.8 Å². The molecule has 3 aromatic rings. The van der Waals surface area contributed by atoms with Crippen LogP contribution in [0.1, 0.15) is 51.4 Å². The third kappa shape index (κ3) is 5.97. The molecule has 4 rings (SSSR count). The van der Waals surface area contributed by atoms with Crippen molar-refractivity contribution in [2.24, 2.45) is 0 Å². The Labute approximate surface area is 206 Å². The summed E-state index contributed by atoms with van der Waals surface area (Å²) in [5.74, 6) is -0.852. The molecule has 9 nitrogen and oxygen atoms in total. The van der Waals surface area contributed by atoms with Gasteiger partial charge in [0.25, 0.3) is 5.91 Å². The van der Waals surface area contributed by atoms with Gasteiger partial charge in [-0.2, -0.15) is 5.26 Å². The lowest BCUT2D eigenvalue weighted by molar-refractivity contribution is -0.119. The van der Waals surface area contributed by atoms with Crippen LogP contribution in [0.4, 0.5) is 5.00 Å². The second-order valence-corrected chi connectivity index (χ2v) is 10.8. The predicted molar refractivity (Wildman–Crippen MR) is 128 cm³/mol. The zero-order chi connectivity index (χ0) is 24.8. The number of esters is 1. The summed E-state index contributed by atoms with van der Waals surface area (Å²) in [4.78, 5) is 25.8. The average Bonchev–Trinajstić information content (AvgIpc) is 3.43. The number of nitrogens with one attached hydrogen (secondary N) is 2. The molecule has 0 fully saturated rings. The fourth-order valence-corrected chi connectivity index (χ4v) is 6.01. The summed E-state index contributed by atoms with van der Waals surface area (Å²) in [6.45, 7) is -0.536. The SMILES string of the molecule is N#Cc1c(NC(=O)COC(=O)c2ccc(S(=O)(=O)NCc3ccco3)cc2)sc2c1CCCCC2.